The Morgan fingerprint density at radius 1 is 0.333 bits per heavy atom. The summed E-state index contributed by atoms with van der Waals surface area (Å²) in [6, 6.07) is 12.4. The molecule has 4 heteroatoms. The van der Waals surface area contributed by atoms with Crippen molar-refractivity contribution in [3.63, 3.8) is 0 Å². The predicted molar refractivity (Wildman–Crippen MR) is 61.5 cm³/mol. The summed E-state index contributed by atoms with van der Waals surface area (Å²) in [6.07, 6.45) is 0. The van der Waals surface area contributed by atoms with Crippen LogP contribution < -0.4 is 0 Å². The maximum Gasteiger partial charge on any atom is 0.0371 e. The van der Waals surface area contributed by atoms with E-state index >= 15 is 0 Å². The highest BCUT2D eigenvalue weighted by molar-refractivity contribution is 6.48. The average molecular weight is 225 g/mol. The smallest absolute Gasteiger partial charge is 0.0371 e. The van der Waals surface area contributed by atoms with E-state index in [2.05, 4.69) is 0 Å². The standard InChI is InChI=1S/C8H16Si4/c1-2-10-5-6-12-8-7-11-4-3-9-1/h1-8H2. The lowest BCUT2D eigenvalue weighted by atomic mass is 10.9. The van der Waals surface area contributed by atoms with Gasteiger partial charge in [0.1, 0.15) is 0 Å². The van der Waals surface area contributed by atoms with Gasteiger partial charge in [0.15, 0.2) is 0 Å². The van der Waals surface area contributed by atoms with Gasteiger partial charge in [-0.25, -0.2) is 0 Å². The number of rotatable bonds is 0. The monoisotopic (exact) mass is 224 g/mol. The van der Waals surface area contributed by atoms with E-state index in [4.69, 9.17) is 0 Å². The molecule has 1 fully saturated rings. The summed E-state index contributed by atoms with van der Waals surface area (Å²) in [4.78, 5) is 0. The molecule has 1 rings (SSSR count). The Hall–Kier alpha value is 0.868. The molecule has 0 aromatic rings. The molecular weight excluding hydrogens is 208 g/mol. The molecule has 0 N–H and O–H groups in total. The fourth-order valence-electron chi connectivity index (χ4n) is 1.21. The first-order valence-electron chi connectivity index (χ1n) is 4.83. The SMILES string of the molecule is C1C[Si]CC[Si]CC[Si]CC[Si]1. The third kappa shape index (κ3) is 6.39. The molecule has 0 aliphatic carbocycles. The summed E-state index contributed by atoms with van der Waals surface area (Å²) in [7, 11) is 5.17. The molecule has 64 valence electrons. The third-order valence-corrected chi connectivity index (χ3v) is 8.74. The largest absolute Gasteiger partial charge is 0.0640 e. The molecule has 8 radical (unpaired) electrons. The molecule has 1 aliphatic heterocycles. The van der Waals surface area contributed by atoms with E-state index in [-0.39, 0.29) is 0 Å². The van der Waals surface area contributed by atoms with Crippen molar-refractivity contribution in [2.45, 2.75) is 48.4 Å². The Bertz CT molecular complexity index is 54.0. The first-order chi connectivity index (χ1) is 6.00. The van der Waals surface area contributed by atoms with Crippen LogP contribution in [0.4, 0.5) is 0 Å². The average Bonchev–Trinajstić information content (AvgIpc) is 2.05. The lowest BCUT2D eigenvalue weighted by Gasteiger charge is -2.03. The lowest BCUT2D eigenvalue weighted by Crippen LogP contribution is -2.01. The molecule has 1 saturated heterocycles. The Balaban J connectivity index is 2.00. The molecule has 12 heavy (non-hydrogen) atoms. The maximum absolute atomic E-state index is 1.55. The fourth-order valence-corrected chi connectivity index (χ4v) is 7.86. The van der Waals surface area contributed by atoms with E-state index in [1.807, 2.05) is 0 Å². The van der Waals surface area contributed by atoms with Crippen LogP contribution >= 0.6 is 0 Å². The highest BCUT2D eigenvalue weighted by Crippen LogP contribution is 2.05. The third-order valence-electron chi connectivity index (χ3n) is 1.91. The molecule has 0 amide bonds. The van der Waals surface area contributed by atoms with Crippen LogP contribution in [0.1, 0.15) is 0 Å². The van der Waals surface area contributed by atoms with Crippen LogP contribution in [0.2, 0.25) is 48.4 Å². The maximum atomic E-state index is 1.55. The Kier molecular flexibility index (Phi) is 7.72. The molecular formula is C8H16Si4. The summed E-state index contributed by atoms with van der Waals surface area (Å²) >= 11 is 0. The summed E-state index contributed by atoms with van der Waals surface area (Å²) < 4.78 is 0. The van der Waals surface area contributed by atoms with Gasteiger partial charge in [0.2, 0.25) is 0 Å². The molecule has 0 bridgehead atoms. The van der Waals surface area contributed by atoms with Gasteiger partial charge >= 0.3 is 0 Å². The van der Waals surface area contributed by atoms with Crippen LogP contribution in [0, 0.1) is 0 Å². The van der Waals surface area contributed by atoms with Crippen molar-refractivity contribution in [1.29, 1.82) is 0 Å². The van der Waals surface area contributed by atoms with Crippen LogP contribution in [0.3, 0.4) is 0 Å². The molecule has 1 aliphatic rings. The van der Waals surface area contributed by atoms with E-state index in [0.29, 0.717) is 0 Å². The fraction of sp³-hybridized carbons (Fsp3) is 1.00. The Morgan fingerprint density at radius 2 is 0.500 bits per heavy atom. The molecule has 0 saturated carbocycles. The molecule has 1 heterocycles. The van der Waals surface area contributed by atoms with Gasteiger partial charge in [0.25, 0.3) is 0 Å². The second kappa shape index (κ2) is 8.47. The first kappa shape index (κ1) is 10.9. The van der Waals surface area contributed by atoms with Gasteiger partial charge in [-0.1, -0.05) is 48.4 Å². The normalized spacial score (nSPS) is 24.0. The predicted octanol–water partition coefficient (Wildman–Crippen LogP) is 2.16. The number of hydrogen-bond acceptors (Lipinski definition) is 0. The Labute approximate surface area is 86.6 Å². The van der Waals surface area contributed by atoms with Crippen molar-refractivity contribution in [1.82, 2.24) is 0 Å². The van der Waals surface area contributed by atoms with Crippen molar-refractivity contribution in [2.75, 3.05) is 0 Å². The van der Waals surface area contributed by atoms with E-state index in [0.717, 1.165) is 0 Å². The zero-order valence-corrected chi connectivity index (χ0v) is 11.7. The minimum atomic E-state index is 1.29. The second-order valence-corrected chi connectivity index (χ2v) is 9.00. The van der Waals surface area contributed by atoms with E-state index in [9.17, 15) is 0 Å². The van der Waals surface area contributed by atoms with Gasteiger partial charge in [-0.2, -0.15) is 0 Å². The Morgan fingerprint density at radius 3 is 0.667 bits per heavy atom. The van der Waals surface area contributed by atoms with Crippen molar-refractivity contribution < 1.29 is 0 Å². The molecule has 0 unspecified atom stereocenters. The van der Waals surface area contributed by atoms with Gasteiger partial charge in [-0.15, -0.1) is 0 Å². The first-order valence-corrected chi connectivity index (χ1v) is 10.5. The van der Waals surface area contributed by atoms with Crippen LogP contribution in [-0.4, -0.2) is 38.1 Å². The van der Waals surface area contributed by atoms with Crippen molar-refractivity contribution in [3.8, 4) is 0 Å². The van der Waals surface area contributed by atoms with Gasteiger partial charge in [0.05, 0.1) is 0 Å². The van der Waals surface area contributed by atoms with Crippen molar-refractivity contribution in [2.24, 2.45) is 0 Å². The van der Waals surface area contributed by atoms with Crippen LogP contribution in [0.5, 0.6) is 0 Å². The quantitative estimate of drug-likeness (QED) is 0.553. The molecule has 0 nitrogen and oxygen atoms in total. The van der Waals surface area contributed by atoms with Gasteiger partial charge < -0.3 is 0 Å². The lowest BCUT2D eigenvalue weighted by molar-refractivity contribution is 1.25. The minimum absolute atomic E-state index is 1.29. The van der Waals surface area contributed by atoms with Crippen LogP contribution in [-0.2, 0) is 0 Å². The van der Waals surface area contributed by atoms with E-state index in [1.165, 1.54) is 38.1 Å². The topological polar surface area (TPSA) is 0 Å². The van der Waals surface area contributed by atoms with Crippen LogP contribution in [0.25, 0.3) is 0 Å². The summed E-state index contributed by atoms with van der Waals surface area (Å²) in [5.41, 5.74) is 0. The van der Waals surface area contributed by atoms with E-state index < -0.39 is 0 Å². The molecule has 0 atom stereocenters. The zero-order valence-electron chi connectivity index (χ0n) is 7.66. The number of hydrogen-bond donors (Lipinski definition) is 0. The zero-order chi connectivity index (χ0) is 8.49. The molecule has 0 aromatic carbocycles. The summed E-state index contributed by atoms with van der Waals surface area (Å²) in [6.45, 7) is 0. The van der Waals surface area contributed by atoms with Gasteiger partial charge in [0, 0.05) is 38.1 Å². The van der Waals surface area contributed by atoms with Crippen LogP contribution in [0.15, 0.2) is 0 Å². The van der Waals surface area contributed by atoms with Gasteiger partial charge in [-0.05, 0) is 0 Å². The van der Waals surface area contributed by atoms with E-state index in [1.54, 1.807) is 48.4 Å². The highest BCUT2D eigenvalue weighted by Gasteiger charge is 1.98. The molecule has 0 spiro atoms. The minimum Gasteiger partial charge on any atom is -0.0640 e. The second-order valence-electron chi connectivity index (χ2n) is 3.00. The summed E-state index contributed by atoms with van der Waals surface area (Å²) in [5.74, 6) is 0. The summed E-state index contributed by atoms with van der Waals surface area (Å²) in [5, 5.41) is 0. The van der Waals surface area contributed by atoms with Crippen molar-refractivity contribution in [3.05, 3.63) is 0 Å². The van der Waals surface area contributed by atoms with Crippen molar-refractivity contribution >= 4 is 38.1 Å². The molecule has 0 aromatic heterocycles. The van der Waals surface area contributed by atoms with Gasteiger partial charge in [-0.3, -0.25) is 0 Å². The highest BCUT2D eigenvalue weighted by atomic mass is 28.2.